The van der Waals surface area contributed by atoms with Crippen molar-refractivity contribution in [2.75, 3.05) is 25.5 Å². The number of hydrogen-bond donors (Lipinski definition) is 2. The van der Waals surface area contributed by atoms with Crippen LogP contribution >= 0.6 is 0 Å². The van der Waals surface area contributed by atoms with Crippen molar-refractivity contribution >= 4 is 21.6 Å². The maximum absolute atomic E-state index is 13.2. The van der Waals surface area contributed by atoms with Crippen LogP contribution in [0.4, 0.5) is 5.69 Å². The Morgan fingerprint density at radius 1 is 1.10 bits per heavy atom. The van der Waals surface area contributed by atoms with Crippen LogP contribution in [0.5, 0.6) is 0 Å². The van der Waals surface area contributed by atoms with Crippen LogP contribution in [0.15, 0.2) is 53.4 Å². The second-order valence-corrected chi connectivity index (χ2v) is 9.14. The van der Waals surface area contributed by atoms with Gasteiger partial charge in [-0.05, 0) is 37.6 Å². The van der Waals surface area contributed by atoms with Gasteiger partial charge < -0.3 is 15.4 Å². The van der Waals surface area contributed by atoms with Crippen LogP contribution in [0.1, 0.15) is 29.8 Å². The molecular formula is C21H27N3O4S. The first-order chi connectivity index (χ1) is 13.8. The third-order valence-corrected chi connectivity index (χ3v) is 6.64. The van der Waals surface area contributed by atoms with E-state index in [-0.39, 0.29) is 36.1 Å². The largest absolute Gasteiger partial charge is 0.380 e. The van der Waals surface area contributed by atoms with Gasteiger partial charge in [-0.3, -0.25) is 4.79 Å². The maximum atomic E-state index is 13.2. The average molecular weight is 418 g/mol. The first-order valence-corrected chi connectivity index (χ1v) is 11.0. The number of ether oxygens (including phenoxy) is 1. The molecule has 8 heteroatoms. The van der Waals surface area contributed by atoms with E-state index >= 15 is 0 Å². The molecule has 2 atom stereocenters. The van der Waals surface area contributed by atoms with Gasteiger partial charge in [0, 0.05) is 32.4 Å². The van der Waals surface area contributed by atoms with E-state index in [9.17, 15) is 13.2 Å². The van der Waals surface area contributed by atoms with Gasteiger partial charge in [-0.1, -0.05) is 30.3 Å². The molecule has 3 rings (SSSR count). The number of amides is 1. The first kappa shape index (κ1) is 21.3. The number of sulfonamides is 1. The lowest BCUT2D eigenvalue weighted by atomic mass is 10.1. The molecule has 0 spiro atoms. The maximum Gasteiger partial charge on any atom is 0.253 e. The van der Waals surface area contributed by atoms with Gasteiger partial charge in [-0.15, -0.1) is 0 Å². The first-order valence-electron chi connectivity index (χ1n) is 9.61. The SMILES string of the molecule is CNC(=O)c1cc(S(=O)(=O)N2CC(C)OC(C)C2)ccc1NCc1ccccc1. The molecule has 2 aromatic carbocycles. The molecular weight excluding hydrogens is 390 g/mol. The van der Waals surface area contributed by atoms with Crippen LogP contribution < -0.4 is 10.6 Å². The second kappa shape index (κ2) is 8.94. The molecule has 0 aromatic heterocycles. The van der Waals surface area contributed by atoms with Crippen molar-refractivity contribution in [3.8, 4) is 0 Å². The van der Waals surface area contributed by atoms with E-state index in [0.717, 1.165) is 5.56 Å². The van der Waals surface area contributed by atoms with E-state index in [2.05, 4.69) is 10.6 Å². The van der Waals surface area contributed by atoms with Gasteiger partial charge in [0.1, 0.15) is 0 Å². The van der Waals surface area contributed by atoms with E-state index in [1.807, 2.05) is 44.2 Å². The number of hydrogen-bond acceptors (Lipinski definition) is 5. The Balaban J connectivity index is 1.89. The standard InChI is InChI=1S/C21H27N3O4S/c1-15-13-24(14-16(2)28-15)29(26,27)18-9-10-20(19(11-18)21(25)22-3)23-12-17-7-5-4-6-8-17/h4-11,15-16,23H,12-14H2,1-3H3,(H,22,25). The molecule has 1 aliphatic heterocycles. The Hall–Kier alpha value is -2.42. The molecule has 29 heavy (non-hydrogen) atoms. The van der Waals surface area contributed by atoms with Crippen LogP contribution in [0.3, 0.4) is 0 Å². The summed E-state index contributed by atoms with van der Waals surface area (Å²) in [5, 5.41) is 5.81. The zero-order valence-electron chi connectivity index (χ0n) is 16.9. The molecule has 1 fully saturated rings. The number of morpholine rings is 1. The Kier molecular flexibility index (Phi) is 6.56. The third-order valence-electron chi connectivity index (χ3n) is 4.81. The fraction of sp³-hybridized carbons (Fsp3) is 0.381. The minimum Gasteiger partial charge on any atom is -0.380 e. The monoisotopic (exact) mass is 417 g/mol. The zero-order chi connectivity index (χ0) is 21.0. The molecule has 2 N–H and O–H groups in total. The zero-order valence-corrected chi connectivity index (χ0v) is 17.7. The van der Waals surface area contributed by atoms with Crippen molar-refractivity contribution in [3.63, 3.8) is 0 Å². The highest BCUT2D eigenvalue weighted by molar-refractivity contribution is 7.89. The second-order valence-electron chi connectivity index (χ2n) is 7.21. The molecule has 0 aliphatic carbocycles. The molecule has 7 nitrogen and oxygen atoms in total. The van der Waals surface area contributed by atoms with Crippen molar-refractivity contribution in [2.45, 2.75) is 37.5 Å². The summed E-state index contributed by atoms with van der Waals surface area (Å²) < 4.78 is 33.4. The van der Waals surface area contributed by atoms with Gasteiger partial charge in [0.25, 0.3) is 5.91 Å². The summed E-state index contributed by atoms with van der Waals surface area (Å²) in [7, 11) is -2.21. The fourth-order valence-electron chi connectivity index (χ4n) is 3.43. The van der Waals surface area contributed by atoms with E-state index < -0.39 is 10.0 Å². The summed E-state index contributed by atoms with van der Waals surface area (Å²) in [6.45, 7) is 4.80. The predicted molar refractivity (Wildman–Crippen MR) is 112 cm³/mol. The summed E-state index contributed by atoms with van der Waals surface area (Å²) in [5.74, 6) is -0.346. The summed E-state index contributed by atoms with van der Waals surface area (Å²) in [5.41, 5.74) is 1.93. The number of carbonyl (C=O) groups excluding carboxylic acids is 1. The summed E-state index contributed by atoms with van der Waals surface area (Å²) in [6.07, 6.45) is -0.363. The number of carbonyl (C=O) groups is 1. The highest BCUT2D eigenvalue weighted by atomic mass is 32.2. The molecule has 0 bridgehead atoms. The van der Waals surface area contributed by atoms with Crippen LogP contribution in [-0.2, 0) is 21.3 Å². The third kappa shape index (κ3) is 4.95. The molecule has 156 valence electrons. The number of benzene rings is 2. The van der Waals surface area contributed by atoms with E-state index in [1.165, 1.54) is 17.4 Å². The van der Waals surface area contributed by atoms with Crippen molar-refractivity contribution in [2.24, 2.45) is 0 Å². The Morgan fingerprint density at radius 3 is 2.38 bits per heavy atom. The molecule has 0 saturated carbocycles. The van der Waals surface area contributed by atoms with E-state index in [0.29, 0.717) is 17.8 Å². The molecule has 2 aromatic rings. The van der Waals surface area contributed by atoms with E-state index in [4.69, 9.17) is 4.74 Å². The van der Waals surface area contributed by atoms with Gasteiger partial charge in [0.2, 0.25) is 10.0 Å². The normalized spacial score (nSPS) is 20.2. The van der Waals surface area contributed by atoms with Crippen molar-refractivity contribution < 1.29 is 17.9 Å². The lowest BCUT2D eigenvalue weighted by Crippen LogP contribution is -2.48. The molecule has 0 radical (unpaired) electrons. The fourth-order valence-corrected chi connectivity index (χ4v) is 5.05. The van der Waals surface area contributed by atoms with Crippen molar-refractivity contribution in [1.29, 1.82) is 0 Å². The van der Waals surface area contributed by atoms with Crippen LogP contribution in [0.2, 0.25) is 0 Å². The number of rotatable bonds is 6. The summed E-state index contributed by atoms with van der Waals surface area (Å²) in [6, 6.07) is 14.4. The average Bonchev–Trinajstić information content (AvgIpc) is 2.71. The van der Waals surface area contributed by atoms with Gasteiger partial charge in [0.15, 0.2) is 0 Å². The minimum absolute atomic E-state index is 0.0997. The van der Waals surface area contributed by atoms with Crippen molar-refractivity contribution in [3.05, 3.63) is 59.7 Å². The Morgan fingerprint density at radius 2 is 1.76 bits per heavy atom. The molecule has 1 saturated heterocycles. The number of nitrogens with zero attached hydrogens (tertiary/aromatic N) is 1. The molecule has 1 heterocycles. The lowest BCUT2D eigenvalue weighted by molar-refractivity contribution is -0.0440. The van der Waals surface area contributed by atoms with Gasteiger partial charge in [-0.25, -0.2) is 8.42 Å². The van der Waals surface area contributed by atoms with E-state index in [1.54, 1.807) is 12.1 Å². The van der Waals surface area contributed by atoms with Gasteiger partial charge in [-0.2, -0.15) is 4.31 Å². The predicted octanol–water partition coefficient (Wildman–Crippen LogP) is 2.46. The van der Waals surface area contributed by atoms with Crippen LogP contribution in [-0.4, -0.2) is 51.0 Å². The Labute approximate surface area is 172 Å². The summed E-state index contributed by atoms with van der Waals surface area (Å²) >= 11 is 0. The smallest absolute Gasteiger partial charge is 0.253 e. The number of anilines is 1. The number of nitrogens with one attached hydrogen (secondary N) is 2. The highest BCUT2D eigenvalue weighted by Crippen LogP contribution is 2.26. The van der Waals surface area contributed by atoms with Crippen LogP contribution in [0, 0.1) is 0 Å². The lowest BCUT2D eigenvalue weighted by Gasteiger charge is -2.34. The van der Waals surface area contributed by atoms with Crippen molar-refractivity contribution in [1.82, 2.24) is 9.62 Å². The van der Waals surface area contributed by atoms with Crippen LogP contribution in [0.25, 0.3) is 0 Å². The molecule has 1 amide bonds. The molecule has 2 unspecified atom stereocenters. The summed E-state index contributed by atoms with van der Waals surface area (Å²) in [4.78, 5) is 12.5. The quantitative estimate of drug-likeness (QED) is 0.754. The topological polar surface area (TPSA) is 87.7 Å². The molecule has 1 aliphatic rings. The van der Waals surface area contributed by atoms with Gasteiger partial charge >= 0.3 is 0 Å². The Bertz CT molecular complexity index is 953. The highest BCUT2D eigenvalue weighted by Gasteiger charge is 2.32. The van der Waals surface area contributed by atoms with Gasteiger partial charge in [0.05, 0.1) is 22.7 Å². The minimum atomic E-state index is -3.73.